The van der Waals surface area contributed by atoms with E-state index in [4.69, 9.17) is 5.11 Å². The fourth-order valence-electron chi connectivity index (χ4n) is 2.71. The Bertz CT molecular complexity index is 399. The van der Waals surface area contributed by atoms with Gasteiger partial charge in [0.1, 0.15) is 0 Å². The first-order chi connectivity index (χ1) is 8.13. The predicted molar refractivity (Wildman–Crippen MR) is 68.7 cm³/mol. The van der Waals surface area contributed by atoms with Crippen LogP contribution in [0, 0.1) is 0 Å². The SMILES string of the molecule is CCC1CCC(C)N1c1ccc(C(=O)O)cc1. The maximum Gasteiger partial charge on any atom is 0.335 e. The van der Waals surface area contributed by atoms with E-state index in [0.717, 1.165) is 12.1 Å². The lowest BCUT2D eigenvalue weighted by atomic mass is 10.1. The first-order valence-electron chi connectivity index (χ1n) is 6.25. The minimum absolute atomic E-state index is 0.355. The largest absolute Gasteiger partial charge is 0.478 e. The van der Waals surface area contributed by atoms with Crippen molar-refractivity contribution in [2.24, 2.45) is 0 Å². The standard InChI is InChI=1S/C14H19NO2/c1-3-12-7-4-10(2)15(12)13-8-5-11(6-9-13)14(16)17/h5-6,8-10,12H,3-4,7H2,1-2H3,(H,16,17). The summed E-state index contributed by atoms with van der Waals surface area (Å²) in [5.74, 6) is -0.863. The van der Waals surface area contributed by atoms with Crippen molar-refractivity contribution in [1.82, 2.24) is 0 Å². The number of rotatable bonds is 3. The molecule has 1 saturated heterocycles. The molecule has 1 aromatic rings. The highest BCUT2D eigenvalue weighted by atomic mass is 16.4. The van der Waals surface area contributed by atoms with Crippen LogP contribution in [0.4, 0.5) is 5.69 Å². The van der Waals surface area contributed by atoms with E-state index in [1.807, 2.05) is 12.1 Å². The van der Waals surface area contributed by atoms with Gasteiger partial charge < -0.3 is 10.0 Å². The second-order valence-corrected chi connectivity index (χ2v) is 4.75. The van der Waals surface area contributed by atoms with Crippen LogP contribution >= 0.6 is 0 Å². The van der Waals surface area contributed by atoms with E-state index in [2.05, 4.69) is 18.7 Å². The summed E-state index contributed by atoms with van der Waals surface area (Å²) in [4.78, 5) is 13.2. The third-order valence-corrected chi connectivity index (χ3v) is 3.67. The third-order valence-electron chi connectivity index (χ3n) is 3.67. The molecule has 2 atom stereocenters. The Hall–Kier alpha value is -1.51. The highest BCUT2D eigenvalue weighted by Crippen LogP contribution is 2.31. The average molecular weight is 233 g/mol. The number of aromatic carboxylic acids is 1. The summed E-state index contributed by atoms with van der Waals surface area (Å²) >= 11 is 0. The molecule has 0 spiro atoms. The molecule has 0 radical (unpaired) electrons. The molecule has 2 unspecified atom stereocenters. The van der Waals surface area contributed by atoms with Crippen LogP contribution in [0.2, 0.25) is 0 Å². The molecule has 2 rings (SSSR count). The predicted octanol–water partition coefficient (Wildman–Crippen LogP) is 3.15. The van der Waals surface area contributed by atoms with Gasteiger partial charge in [0.25, 0.3) is 0 Å². The maximum atomic E-state index is 10.8. The van der Waals surface area contributed by atoms with Crippen LogP contribution in [0.15, 0.2) is 24.3 Å². The zero-order valence-electron chi connectivity index (χ0n) is 10.4. The van der Waals surface area contributed by atoms with Crippen LogP contribution in [0.3, 0.4) is 0 Å². The maximum absolute atomic E-state index is 10.8. The molecule has 1 aliphatic heterocycles. The molecule has 1 heterocycles. The molecule has 1 N–H and O–H groups in total. The van der Waals surface area contributed by atoms with Gasteiger partial charge in [-0.15, -0.1) is 0 Å². The van der Waals surface area contributed by atoms with Gasteiger partial charge in [0.2, 0.25) is 0 Å². The molecular formula is C14H19NO2. The molecule has 1 fully saturated rings. The van der Waals surface area contributed by atoms with Crippen molar-refractivity contribution in [3.05, 3.63) is 29.8 Å². The van der Waals surface area contributed by atoms with E-state index in [1.165, 1.54) is 12.8 Å². The Kier molecular flexibility index (Phi) is 3.36. The van der Waals surface area contributed by atoms with Crippen molar-refractivity contribution in [1.29, 1.82) is 0 Å². The molecule has 1 aromatic carbocycles. The summed E-state index contributed by atoms with van der Waals surface area (Å²) in [6.45, 7) is 4.45. The molecule has 0 amide bonds. The van der Waals surface area contributed by atoms with Crippen LogP contribution in [-0.2, 0) is 0 Å². The van der Waals surface area contributed by atoms with E-state index in [0.29, 0.717) is 17.6 Å². The van der Waals surface area contributed by atoms with E-state index in [9.17, 15) is 4.79 Å². The Labute approximate surface area is 102 Å². The second-order valence-electron chi connectivity index (χ2n) is 4.75. The lowest BCUT2D eigenvalue weighted by Crippen LogP contribution is -2.33. The summed E-state index contributed by atoms with van der Waals surface area (Å²) in [5, 5.41) is 8.88. The fourth-order valence-corrected chi connectivity index (χ4v) is 2.71. The van der Waals surface area contributed by atoms with Gasteiger partial charge in [0.05, 0.1) is 5.56 Å². The van der Waals surface area contributed by atoms with Gasteiger partial charge >= 0.3 is 5.97 Å². The first-order valence-corrected chi connectivity index (χ1v) is 6.25. The lowest BCUT2D eigenvalue weighted by molar-refractivity contribution is 0.0697. The average Bonchev–Trinajstić information content (AvgIpc) is 2.70. The Balaban J connectivity index is 2.24. The first kappa shape index (κ1) is 12.0. The molecular weight excluding hydrogens is 214 g/mol. The van der Waals surface area contributed by atoms with Gasteiger partial charge in [-0.25, -0.2) is 4.79 Å². The monoisotopic (exact) mass is 233 g/mol. The highest BCUT2D eigenvalue weighted by Gasteiger charge is 2.29. The fraction of sp³-hybridized carbons (Fsp3) is 0.500. The Morgan fingerprint density at radius 1 is 1.35 bits per heavy atom. The number of carboxylic acids is 1. The van der Waals surface area contributed by atoms with Crippen molar-refractivity contribution in [3.8, 4) is 0 Å². The van der Waals surface area contributed by atoms with Gasteiger partial charge in [-0.3, -0.25) is 0 Å². The number of benzene rings is 1. The zero-order chi connectivity index (χ0) is 12.4. The molecule has 17 heavy (non-hydrogen) atoms. The lowest BCUT2D eigenvalue weighted by Gasteiger charge is -2.30. The minimum Gasteiger partial charge on any atom is -0.478 e. The van der Waals surface area contributed by atoms with E-state index < -0.39 is 5.97 Å². The number of carbonyl (C=O) groups is 1. The van der Waals surface area contributed by atoms with Crippen LogP contribution in [0.5, 0.6) is 0 Å². The summed E-state index contributed by atoms with van der Waals surface area (Å²) in [7, 11) is 0. The second kappa shape index (κ2) is 4.78. The molecule has 3 heteroatoms. The molecule has 0 aromatic heterocycles. The topological polar surface area (TPSA) is 40.5 Å². The van der Waals surface area contributed by atoms with E-state index in [1.54, 1.807) is 12.1 Å². The van der Waals surface area contributed by atoms with Gasteiger partial charge in [-0.05, 0) is 50.5 Å². The van der Waals surface area contributed by atoms with Crippen LogP contribution in [0.1, 0.15) is 43.5 Å². The summed E-state index contributed by atoms with van der Waals surface area (Å²) in [5.41, 5.74) is 1.50. The highest BCUT2D eigenvalue weighted by molar-refractivity contribution is 5.88. The van der Waals surface area contributed by atoms with Gasteiger partial charge in [-0.2, -0.15) is 0 Å². The van der Waals surface area contributed by atoms with Crippen molar-refractivity contribution in [2.45, 2.75) is 45.2 Å². The van der Waals surface area contributed by atoms with Gasteiger partial charge in [-0.1, -0.05) is 6.92 Å². The zero-order valence-corrected chi connectivity index (χ0v) is 10.4. The smallest absolute Gasteiger partial charge is 0.335 e. The summed E-state index contributed by atoms with van der Waals surface area (Å²) < 4.78 is 0. The van der Waals surface area contributed by atoms with Gasteiger partial charge in [0, 0.05) is 17.8 Å². The molecule has 0 saturated carbocycles. The van der Waals surface area contributed by atoms with Gasteiger partial charge in [0.15, 0.2) is 0 Å². The number of nitrogens with zero attached hydrogens (tertiary/aromatic N) is 1. The molecule has 92 valence electrons. The van der Waals surface area contributed by atoms with Crippen LogP contribution < -0.4 is 4.90 Å². The molecule has 3 nitrogen and oxygen atoms in total. The molecule has 1 aliphatic rings. The third kappa shape index (κ3) is 2.28. The Morgan fingerprint density at radius 3 is 2.53 bits per heavy atom. The van der Waals surface area contributed by atoms with Crippen molar-refractivity contribution < 1.29 is 9.90 Å². The number of hydrogen-bond acceptors (Lipinski definition) is 2. The van der Waals surface area contributed by atoms with Crippen LogP contribution in [0.25, 0.3) is 0 Å². The van der Waals surface area contributed by atoms with E-state index in [-0.39, 0.29) is 0 Å². The molecule has 0 bridgehead atoms. The van der Waals surface area contributed by atoms with Crippen LogP contribution in [-0.4, -0.2) is 23.2 Å². The van der Waals surface area contributed by atoms with Crippen molar-refractivity contribution in [3.63, 3.8) is 0 Å². The van der Waals surface area contributed by atoms with Crippen molar-refractivity contribution in [2.75, 3.05) is 4.90 Å². The summed E-state index contributed by atoms with van der Waals surface area (Å²) in [6.07, 6.45) is 3.60. The number of hydrogen-bond donors (Lipinski definition) is 1. The van der Waals surface area contributed by atoms with E-state index >= 15 is 0 Å². The molecule has 0 aliphatic carbocycles. The quantitative estimate of drug-likeness (QED) is 0.871. The van der Waals surface area contributed by atoms with Crippen molar-refractivity contribution >= 4 is 11.7 Å². The number of anilines is 1. The summed E-state index contributed by atoms with van der Waals surface area (Å²) in [6, 6.07) is 8.38. The normalized spacial score (nSPS) is 24.0. The number of carboxylic acid groups (broad SMARTS) is 1. The Morgan fingerprint density at radius 2 is 2.00 bits per heavy atom. The minimum atomic E-state index is -0.863.